The van der Waals surface area contributed by atoms with Gasteiger partial charge in [-0.25, -0.2) is 0 Å². The zero-order valence-corrected chi connectivity index (χ0v) is 19.5. The highest BCUT2D eigenvalue weighted by molar-refractivity contribution is 5.82. The Kier molecular flexibility index (Phi) is 7.75. The first kappa shape index (κ1) is 23.8. The topological polar surface area (TPSA) is 105 Å². The number of carboxylic acids is 1. The number of hydrogen-bond acceptors (Lipinski definition) is 6. The van der Waals surface area contributed by atoms with Gasteiger partial charge in [-0.2, -0.15) is 5.16 Å². The SMILES string of the molecule is CC1CCN(CC2(C(=O)O)CCCC2)CC1.O=c1[nH]oc2cccc(OC3CCOCC3)c12. The summed E-state index contributed by atoms with van der Waals surface area (Å²) in [5, 5.41) is 12.2. The van der Waals surface area contributed by atoms with Crippen LogP contribution in [0.3, 0.4) is 0 Å². The summed E-state index contributed by atoms with van der Waals surface area (Å²) in [6, 6.07) is 5.35. The minimum atomic E-state index is -0.566. The lowest BCUT2D eigenvalue weighted by atomic mass is 9.84. The molecule has 1 saturated carbocycles. The fourth-order valence-electron chi connectivity index (χ4n) is 5.18. The molecule has 2 saturated heterocycles. The smallest absolute Gasteiger partial charge is 0.310 e. The Morgan fingerprint density at radius 3 is 2.55 bits per heavy atom. The molecule has 2 N–H and O–H groups in total. The van der Waals surface area contributed by atoms with Crippen LogP contribution in [-0.4, -0.2) is 60.1 Å². The average Bonchev–Trinajstić information content (AvgIpc) is 3.45. The van der Waals surface area contributed by atoms with Gasteiger partial charge in [0.1, 0.15) is 17.2 Å². The summed E-state index contributed by atoms with van der Waals surface area (Å²) in [6.07, 6.45) is 8.24. The minimum absolute atomic E-state index is 0.114. The maximum absolute atomic E-state index is 11.6. The Hall–Kier alpha value is -2.32. The molecule has 3 aliphatic rings. The molecule has 3 fully saturated rings. The summed E-state index contributed by atoms with van der Waals surface area (Å²) in [6.45, 7) is 6.69. The summed E-state index contributed by atoms with van der Waals surface area (Å²) in [7, 11) is 0. The molecule has 8 nitrogen and oxygen atoms in total. The van der Waals surface area contributed by atoms with Gasteiger partial charge in [0.15, 0.2) is 5.58 Å². The molecule has 0 atom stereocenters. The van der Waals surface area contributed by atoms with Crippen molar-refractivity contribution in [3.63, 3.8) is 0 Å². The Balaban J connectivity index is 0.000000157. The summed E-state index contributed by atoms with van der Waals surface area (Å²) >= 11 is 0. The molecule has 1 aliphatic carbocycles. The van der Waals surface area contributed by atoms with Crippen molar-refractivity contribution in [2.75, 3.05) is 32.8 Å². The predicted molar refractivity (Wildman–Crippen MR) is 125 cm³/mol. The Bertz CT molecular complexity index is 963. The third kappa shape index (κ3) is 5.79. The molecule has 1 aromatic heterocycles. The van der Waals surface area contributed by atoms with Gasteiger partial charge in [0.2, 0.25) is 0 Å². The van der Waals surface area contributed by atoms with Crippen LogP contribution in [0.2, 0.25) is 0 Å². The van der Waals surface area contributed by atoms with E-state index in [0.29, 0.717) is 29.9 Å². The molecule has 0 spiro atoms. The maximum Gasteiger partial charge on any atom is 0.310 e. The van der Waals surface area contributed by atoms with Crippen LogP contribution in [0.4, 0.5) is 0 Å². The van der Waals surface area contributed by atoms with E-state index in [1.165, 1.54) is 12.8 Å². The molecule has 33 heavy (non-hydrogen) atoms. The fourth-order valence-corrected chi connectivity index (χ4v) is 5.18. The van der Waals surface area contributed by atoms with Crippen molar-refractivity contribution in [3.05, 3.63) is 28.6 Å². The van der Waals surface area contributed by atoms with E-state index in [4.69, 9.17) is 14.0 Å². The van der Waals surface area contributed by atoms with E-state index in [0.717, 1.165) is 64.1 Å². The number of rotatable bonds is 5. The highest BCUT2D eigenvalue weighted by atomic mass is 16.5. The number of aliphatic carboxylic acids is 1. The number of benzene rings is 1. The van der Waals surface area contributed by atoms with Gasteiger partial charge in [-0.1, -0.05) is 25.8 Å². The lowest BCUT2D eigenvalue weighted by Gasteiger charge is -2.36. The van der Waals surface area contributed by atoms with Gasteiger partial charge in [-0.15, -0.1) is 0 Å². The molecule has 8 heteroatoms. The quantitative estimate of drug-likeness (QED) is 0.694. The molecule has 3 heterocycles. The molecule has 0 radical (unpaired) electrons. The molecule has 2 aliphatic heterocycles. The molecular formula is C25H36N2O6. The lowest BCUT2D eigenvalue weighted by molar-refractivity contribution is -0.150. The number of ether oxygens (including phenoxy) is 2. The Morgan fingerprint density at radius 1 is 1.18 bits per heavy atom. The highest BCUT2D eigenvalue weighted by Gasteiger charge is 2.42. The molecular weight excluding hydrogens is 424 g/mol. The molecule has 0 unspecified atom stereocenters. The maximum atomic E-state index is 11.6. The number of aromatic amines is 1. The van der Waals surface area contributed by atoms with E-state index in [2.05, 4.69) is 17.0 Å². The first-order valence-electron chi connectivity index (χ1n) is 12.3. The first-order valence-corrected chi connectivity index (χ1v) is 12.3. The van der Waals surface area contributed by atoms with Crippen LogP contribution < -0.4 is 10.3 Å². The van der Waals surface area contributed by atoms with Crippen molar-refractivity contribution >= 4 is 16.9 Å². The zero-order chi connectivity index (χ0) is 23.3. The second kappa shape index (κ2) is 10.7. The van der Waals surface area contributed by atoms with E-state index in [-0.39, 0.29) is 11.7 Å². The molecule has 5 rings (SSSR count). The van der Waals surface area contributed by atoms with Crippen molar-refractivity contribution in [3.8, 4) is 5.75 Å². The second-order valence-corrected chi connectivity index (χ2v) is 9.84. The van der Waals surface area contributed by atoms with Gasteiger partial charge < -0.3 is 24.0 Å². The Labute approximate surface area is 194 Å². The largest absolute Gasteiger partial charge is 0.489 e. The molecule has 182 valence electrons. The van der Waals surface area contributed by atoms with E-state index in [1.54, 1.807) is 12.1 Å². The number of carboxylic acid groups (broad SMARTS) is 1. The van der Waals surface area contributed by atoms with Gasteiger partial charge in [-0.05, 0) is 56.8 Å². The Morgan fingerprint density at radius 2 is 1.88 bits per heavy atom. The monoisotopic (exact) mass is 460 g/mol. The summed E-state index contributed by atoms with van der Waals surface area (Å²) < 4.78 is 16.2. The highest BCUT2D eigenvalue weighted by Crippen LogP contribution is 2.39. The number of likely N-dealkylation sites (tertiary alicyclic amines) is 1. The number of H-pyrrole nitrogens is 1. The normalized spacial score (nSPS) is 22.1. The van der Waals surface area contributed by atoms with Crippen LogP contribution >= 0.6 is 0 Å². The lowest BCUT2D eigenvalue weighted by Crippen LogP contribution is -2.44. The van der Waals surface area contributed by atoms with Gasteiger partial charge >= 0.3 is 5.97 Å². The number of nitrogens with one attached hydrogen (secondary N) is 1. The van der Waals surface area contributed by atoms with Crippen LogP contribution in [0, 0.1) is 11.3 Å². The number of nitrogens with zero attached hydrogens (tertiary/aromatic N) is 1. The van der Waals surface area contributed by atoms with Crippen molar-refractivity contribution < 1.29 is 23.9 Å². The van der Waals surface area contributed by atoms with E-state index < -0.39 is 11.4 Å². The second-order valence-electron chi connectivity index (χ2n) is 9.84. The van der Waals surface area contributed by atoms with Crippen molar-refractivity contribution in [2.45, 2.75) is 64.4 Å². The van der Waals surface area contributed by atoms with Crippen LogP contribution in [0.15, 0.2) is 27.5 Å². The standard InChI is InChI=1S/C13H23NO2.C12H13NO4/c1-11-4-8-14(9-5-11)10-13(12(15)16)6-2-3-7-13;14-12-11-9(2-1-3-10(11)17-13-12)16-8-4-6-15-7-5-8/h11H,2-10H2,1H3,(H,15,16);1-3,8H,4-7H2,(H,13,14). The van der Waals surface area contributed by atoms with E-state index in [1.807, 2.05) is 6.07 Å². The minimum Gasteiger partial charge on any atom is -0.489 e. The number of aromatic nitrogens is 1. The van der Waals surface area contributed by atoms with Gasteiger partial charge in [0, 0.05) is 19.4 Å². The van der Waals surface area contributed by atoms with Crippen LogP contribution in [-0.2, 0) is 9.53 Å². The molecule has 2 aromatic rings. The van der Waals surface area contributed by atoms with Crippen molar-refractivity contribution in [1.82, 2.24) is 10.1 Å². The van der Waals surface area contributed by atoms with Crippen LogP contribution in [0.25, 0.3) is 11.0 Å². The van der Waals surface area contributed by atoms with Crippen LogP contribution in [0.1, 0.15) is 58.3 Å². The average molecular weight is 461 g/mol. The summed E-state index contributed by atoms with van der Waals surface area (Å²) in [5.74, 6) is 0.841. The van der Waals surface area contributed by atoms with Crippen molar-refractivity contribution in [2.24, 2.45) is 11.3 Å². The third-order valence-electron chi connectivity index (χ3n) is 7.35. The fraction of sp³-hybridized carbons (Fsp3) is 0.680. The van der Waals surface area contributed by atoms with E-state index >= 15 is 0 Å². The summed E-state index contributed by atoms with van der Waals surface area (Å²) in [5.41, 5.74) is -0.136. The first-order chi connectivity index (χ1) is 16.0. The summed E-state index contributed by atoms with van der Waals surface area (Å²) in [4.78, 5) is 25.4. The van der Waals surface area contributed by atoms with Gasteiger partial charge in [0.25, 0.3) is 5.56 Å². The predicted octanol–water partition coefficient (Wildman–Crippen LogP) is 4.04. The number of piperidine rings is 1. The number of fused-ring (bicyclic) bond motifs is 1. The zero-order valence-electron chi connectivity index (χ0n) is 19.5. The number of hydrogen-bond donors (Lipinski definition) is 2. The molecule has 0 bridgehead atoms. The van der Waals surface area contributed by atoms with Gasteiger partial charge in [-0.3, -0.25) is 9.59 Å². The van der Waals surface area contributed by atoms with E-state index in [9.17, 15) is 14.7 Å². The van der Waals surface area contributed by atoms with Crippen LogP contribution in [0.5, 0.6) is 5.75 Å². The molecule has 1 aromatic carbocycles. The van der Waals surface area contributed by atoms with Gasteiger partial charge in [0.05, 0.1) is 18.6 Å². The molecule has 0 amide bonds. The number of carbonyl (C=O) groups is 1. The third-order valence-corrected chi connectivity index (χ3v) is 7.35. The van der Waals surface area contributed by atoms with Crippen molar-refractivity contribution in [1.29, 1.82) is 0 Å².